The number of methoxy groups -OCH3 is 2. The van der Waals surface area contributed by atoms with Gasteiger partial charge in [-0.2, -0.15) is 0 Å². The summed E-state index contributed by atoms with van der Waals surface area (Å²) in [6.45, 7) is 7.52. The fraction of sp³-hybridized carbons (Fsp3) is 0.923. The smallest absolute Gasteiger partial charge is 0.227 e. The number of hydrogen-bond acceptors (Lipinski definition) is 3. The van der Waals surface area contributed by atoms with Gasteiger partial charge in [0.1, 0.15) is 0 Å². The van der Waals surface area contributed by atoms with E-state index in [-0.39, 0.29) is 17.6 Å². The van der Waals surface area contributed by atoms with E-state index in [2.05, 4.69) is 0 Å². The molecule has 0 aliphatic carbocycles. The van der Waals surface area contributed by atoms with Crippen molar-refractivity contribution in [1.82, 2.24) is 4.90 Å². The predicted molar refractivity (Wildman–Crippen MR) is 66.6 cm³/mol. The molecule has 0 aromatic rings. The Morgan fingerprint density at radius 2 is 1.65 bits per heavy atom. The van der Waals surface area contributed by atoms with Crippen molar-refractivity contribution in [2.45, 2.75) is 39.9 Å². The molecule has 1 rings (SSSR count). The summed E-state index contributed by atoms with van der Waals surface area (Å²) in [6, 6.07) is 0. The van der Waals surface area contributed by atoms with E-state index in [1.807, 2.05) is 25.7 Å². The molecule has 0 saturated carbocycles. The van der Waals surface area contributed by atoms with Gasteiger partial charge in [-0.15, -0.1) is 0 Å². The number of likely N-dealkylation sites (tertiary alicyclic amines) is 1. The summed E-state index contributed by atoms with van der Waals surface area (Å²) >= 11 is 0. The maximum absolute atomic E-state index is 12.1. The van der Waals surface area contributed by atoms with Crippen LogP contribution in [-0.2, 0) is 14.3 Å². The molecule has 1 saturated heterocycles. The van der Waals surface area contributed by atoms with Crippen molar-refractivity contribution >= 4 is 5.91 Å². The second-order valence-electron chi connectivity index (χ2n) is 5.72. The van der Waals surface area contributed by atoms with Crippen molar-refractivity contribution < 1.29 is 14.3 Å². The van der Waals surface area contributed by atoms with Gasteiger partial charge in [-0.25, -0.2) is 0 Å². The highest BCUT2D eigenvalue weighted by molar-refractivity contribution is 5.81. The Morgan fingerprint density at radius 1 is 1.18 bits per heavy atom. The molecular formula is C13H25NO3. The minimum absolute atomic E-state index is 0.137. The fourth-order valence-electron chi connectivity index (χ4n) is 2.33. The van der Waals surface area contributed by atoms with Crippen LogP contribution in [0.1, 0.15) is 33.6 Å². The van der Waals surface area contributed by atoms with Crippen molar-refractivity contribution in [2.24, 2.45) is 11.3 Å². The van der Waals surface area contributed by atoms with Crippen LogP contribution in [0.3, 0.4) is 0 Å². The molecular weight excluding hydrogens is 218 g/mol. The third kappa shape index (κ3) is 3.68. The van der Waals surface area contributed by atoms with E-state index in [0.29, 0.717) is 5.92 Å². The van der Waals surface area contributed by atoms with E-state index in [1.54, 1.807) is 14.2 Å². The average molecular weight is 243 g/mol. The highest BCUT2D eigenvalue weighted by Gasteiger charge is 2.32. The number of ether oxygens (including phenoxy) is 2. The Hall–Kier alpha value is -0.610. The van der Waals surface area contributed by atoms with Crippen molar-refractivity contribution in [1.29, 1.82) is 0 Å². The standard InChI is InChI=1S/C13H25NO3/c1-13(2,3)12(15)14-8-6-10(7-9-14)11(16-4)17-5/h10-11H,6-9H2,1-5H3. The number of hydrogen-bond donors (Lipinski definition) is 0. The molecule has 4 nitrogen and oxygen atoms in total. The Balaban J connectivity index is 2.48. The Kier molecular flexibility index (Phi) is 4.95. The first-order valence-corrected chi connectivity index (χ1v) is 6.25. The summed E-state index contributed by atoms with van der Waals surface area (Å²) in [5.74, 6) is 0.636. The van der Waals surface area contributed by atoms with Gasteiger partial charge in [0.05, 0.1) is 0 Å². The van der Waals surface area contributed by atoms with Gasteiger partial charge in [0.2, 0.25) is 5.91 Å². The van der Waals surface area contributed by atoms with Crippen LogP contribution in [-0.4, -0.2) is 44.4 Å². The molecule has 0 unspecified atom stereocenters. The second-order valence-corrected chi connectivity index (χ2v) is 5.72. The van der Waals surface area contributed by atoms with Gasteiger partial charge in [-0.1, -0.05) is 20.8 Å². The summed E-state index contributed by atoms with van der Waals surface area (Å²) in [6.07, 6.45) is 1.77. The minimum Gasteiger partial charge on any atom is -0.356 e. The van der Waals surface area contributed by atoms with Gasteiger partial charge in [0.15, 0.2) is 6.29 Å². The summed E-state index contributed by atoms with van der Waals surface area (Å²) < 4.78 is 10.6. The normalized spacial score (nSPS) is 18.8. The van der Waals surface area contributed by atoms with Crippen molar-refractivity contribution in [3.05, 3.63) is 0 Å². The van der Waals surface area contributed by atoms with Gasteiger partial charge in [-0.05, 0) is 12.8 Å². The van der Waals surface area contributed by atoms with Gasteiger partial charge in [0, 0.05) is 38.6 Å². The molecule has 100 valence electrons. The molecule has 1 aliphatic heterocycles. The SMILES string of the molecule is COC(OC)C1CCN(C(=O)C(C)(C)C)CC1. The molecule has 1 aliphatic rings. The van der Waals surface area contributed by atoms with E-state index in [0.717, 1.165) is 25.9 Å². The van der Waals surface area contributed by atoms with E-state index < -0.39 is 0 Å². The lowest BCUT2D eigenvalue weighted by molar-refractivity contribution is -0.156. The number of piperidine rings is 1. The molecule has 0 aromatic heterocycles. The van der Waals surface area contributed by atoms with Gasteiger partial charge >= 0.3 is 0 Å². The van der Waals surface area contributed by atoms with E-state index in [1.165, 1.54) is 0 Å². The third-order valence-electron chi connectivity index (χ3n) is 3.32. The average Bonchev–Trinajstić information content (AvgIpc) is 2.29. The van der Waals surface area contributed by atoms with Crippen molar-refractivity contribution in [3.63, 3.8) is 0 Å². The highest BCUT2D eigenvalue weighted by Crippen LogP contribution is 2.26. The summed E-state index contributed by atoms with van der Waals surface area (Å²) in [5.41, 5.74) is -0.283. The van der Waals surface area contributed by atoms with Crippen LogP contribution in [0.15, 0.2) is 0 Å². The molecule has 4 heteroatoms. The lowest BCUT2D eigenvalue weighted by Gasteiger charge is -2.37. The lowest BCUT2D eigenvalue weighted by Crippen LogP contribution is -2.46. The predicted octanol–water partition coefficient (Wildman–Crippen LogP) is 1.89. The Morgan fingerprint density at radius 3 is 2.00 bits per heavy atom. The maximum Gasteiger partial charge on any atom is 0.227 e. The molecule has 0 N–H and O–H groups in total. The molecule has 1 fully saturated rings. The van der Waals surface area contributed by atoms with Crippen LogP contribution in [0.4, 0.5) is 0 Å². The zero-order valence-electron chi connectivity index (χ0n) is 11.7. The van der Waals surface area contributed by atoms with E-state index in [4.69, 9.17) is 9.47 Å². The topological polar surface area (TPSA) is 38.8 Å². The Bertz CT molecular complexity index is 248. The van der Waals surface area contributed by atoms with Crippen molar-refractivity contribution in [3.8, 4) is 0 Å². The number of amides is 1. The van der Waals surface area contributed by atoms with Crippen LogP contribution in [0.25, 0.3) is 0 Å². The molecule has 1 heterocycles. The maximum atomic E-state index is 12.1. The lowest BCUT2D eigenvalue weighted by atomic mass is 9.91. The monoisotopic (exact) mass is 243 g/mol. The zero-order chi connectivity index (χ0) is 13.1. The first-order chi connectivity index (χ1) is 7.90. The van der Waals surface area contributed by atoms with Crippen LogP contribution in [0, 0.1) is 11.3 Å². The summed E-state index contributed by atoms with van der Waals surface area (Å²) in [4.78, 5) is 14.1. The number of rotatable bonds is 3. The number of carbonyl (C=O) groups is 1. The van der Waals surface area contributed by atoms with E-state index >= 15 is 0 Å². The molecule has 0 atom stereocenters. The largest absolute Gasteiger partial charge is 0.356 e. The molecule has 0 spiro atoms. The summed E-state index contributed by atoms with van der Waals surface area (Å²) in [5, 5.41) is 0. The van der Waals surface area contributed by atoms with Crippen LogP contribution in [0.2, 0.25) is 0 Å². The van der Waals surface area contributed by atoms with Gasteiger partial charge < -0.3 is 14.4 Å². The number of carbonyl (C=O) groups excluding carboxylic acids is 1. The second kappa shape index (κ2) is 5.83. The van der Waals surface area contributed by atoms with Crippen LogP contribution in [0.5, 0.6) is 0 Å². The zero-order valence-corrected chi connectivity index (χ0v) is 11.7. The van der Waals surface area contributed by atoms with E-state index in [9.17, 15) is 4.79 Å². The van der Waals surface area contributed by atoms with Gasteiger partial charge in [0.25, 0.3) is 0 Å². The molecule has 0 radical (unpaired) electrons. The first-order valence-electron chi connectivity index (χ1n) is 6.25. The number of nitrogens with zero attached hydrogens (tertiary/aromatic N) is 1. The Labute approximate surface area is 104 Å². The molecule has 17 heavy (non-hydrogen) atoms. The summed E-state index contributed by atoms with van der Waals surface area (Å²) in [7, 11) is 3.34. The van der Waals surface area contributed by atoms with Crippen molar-refractivity contribution in [2.75, 3.05) is 27.3 Å². The molecule has 1 amide bonds. The first kappa shape index (κ1) is 14.5. The van der Waals surface area contributed by atoms with Crippen LogP contribution >= 0.6 is 0 Å². The quantitative estimate of drug-likeness (QED) is 0.711. The molecule has 0 aromatic carbocycles. The van der Waals surface area contributed by atoms with Crippen LogP contribution < -0.4 is 0 Å². The molecule has 0 bridgehead atoms. The fourth-order valence-corrected chi connectivity index (χ4v) is 2.33. The minimum atomic E-state index is -0.283. The third-order valence-corrected chi connectivity index (χ3v) is 3.32. The van der Waals surface area contributed by atoms with Gasteiger partial charge in [-0.3, -0.25) is 4.79 Å². The highest BCUT2D eigenvalue weighted by atomic mass is 16.7.